The van der Waals surface area contributed by atoms with Crippen LogP contribution < -0.4 is 0 Å². The highest BCUT2D eigenvalue weighted by molar-refractivity contribution is 8.12. The molecule has 0 bridgehead atoms. The standard InChI is InChI=1S/C5H12O3P2S/c1-9(6)4-2-3-5(9)10(7,8)11/h5H,2-4H2,1H3,(H2,7,8,11). The molecule has 0 amide bonds. The molecule has 1 fully saturated rings. The van der Waals surface area contributed by atoms with Crippen LogP contribution in [0.4, 0.5) is 0 Å². The van der Waals surface area contributed by atoms with Crippen molar-refractivity contribution in [3.05, 3.63) is 0 Å². The minimum absolute atomic E-state index is 0.481. The first-order valence-electron chi connectivity index (χ1n) is 3.45. The highest BCUT2D eigenvalue weighted by atomic mass is 32.5. The molecule has 0 spiro atoms. The fourth-order valence-electron chi connectivity index (χ4n) is 1.50. The molecule has 0 saturated carbocycles. The highest BCUT2D eigenvalue weighted by Gasteiger charge is 2.41. The lowest BCUT2D eigenvalue weighted by molar-refractivity contribution is 0.470. The van der Waals surface area contributed by atoms with E-state index in [0.717, 1.165) is 6.42 Å². The molecule has 0 radical (unpaired) electrons. The Morgan fingerprint density at radius 3 is 2.36 bits per heavy atom. The van der Waals surface area contributed by atoms with Crippen LogP contribution >= 0.6 is 13.6 Å². The van der Waals surface area contributed by atoms with Crippen LogP contribution in [0, 0.1) is 0 Å². The van der Waals surface area contributed by atoms with E-state index in [1.807, 2.05) is 0 Å². The number of hydrogen-bond acceptors (Lipinski definition) is 2. The molecule has 6 heteroatoms. The summed E-state index contributed by atoms with van der Waals surface area (Å²) in [5.74, 6) is 0. The molecule has 0 aliphatic carbocycles. The quantitative estimate of drug-likeness (QED) is 0.647. The van der Waals surface area contributed by atoms with Gasteiger partial charge in [0, 0.05) is 6.16 Å². The van der Waals surface area contributed by atoms with E-state index in [0.29, 0.717) is 12.6 Å². The first-order chi connectivity index (χ1) is 4.84. The Kier molecular flexibility index (Phi) is 2.64. The predicted octanol–water partition coefficient (Wildman–Crippen LogP) is 1.39. The summed E-state index contributed by atoms with van der Waals surface area (Å²) in [6.45, 7) is -1.64. The first kappa shape index (κ1) is 9.88. The van der Waals surface area contributed by atoms with Gasteiger partial charge in [-0.15, -0.1) is 0 Å². The van der Waals surface area contributed by atoms with E-state index < -0.39 is 19.0 Å². The zero-order valence-corrected chi connectivity index (χ0v) is 8.91. The molecule has 0 aromatic heterocycles. The molecule has 3 nitrogen and oxygen atoms in total. The average molecular weight is 214 g/mol. The summed E-state index contributed by atoms with van der Waals surface area (Å²) >= 11 is 4.54. The van der Waals surface area contributed by atoms with Crippen LogP contribution in [-0.4, -0.2) is 28.0 Å². The van der Waals surface area contributed by atoms with Gasteiger partial charge in [0.05, 0.1) is 12.5 Å². The number of hydrogen-bond donors (Lipinski definition) is 2. The van der Waals surface area contributed by atoms with Crippen LogP contribution in [0.25, 0.3) is 0 Å². The first-order valence-corrected chi connectivity index (χ1v) is 8.64. The maximum absolute atomic E-state index is 11.6. The van der Waals surface area contributed by atoms with Crippen LogP contribution in [0.1, 0.15) is 12.8 Å². The minimum atomic E-state index is -3.26. The molecule has 1 aliphatic heterocycles. The third-order valence-electron chi connectivity index (χ3n) is 2.08. The summed E-state index contributed by atoms with van der Waals surface area (Å²) in [6.07, 6.45) is 2.06. The summed E-state index contributed by atoms with van der Waals surface area (Å²) in [6, 6.07) is 0. The van der Waals surface area contributed by atoms with Crippen molar-refractivity contribution in [3.63, 3.8) is 0 Å². The van der Waals surface area contributed by atoms with Crippen LogP contribution in [0.3, 0.4) is 0 Å². The predicted molar refractivity (Wildman–Crippen MR) is 50.1 cm³/mol. The molecule has 2 atom stereocenters. The molecule has 1 saturated heterocycles. The van der Waals surface area contributed by atoms with Gasteiger partial charge in [0.15, 0.2) is 6.49 Å². The maximum atomic E-state index is 11.6. The topological polar surface area (TPSA) is 57.5 Å². The normalized spacial score (nSPS) is 39.4. The van der Waals surface area contributed by atoms with E-state index in [2.05, 4.69) is 11.8 Å². The van der Waals surface area contributed by atoms with Crippen molar-refractivity contribution in [1.29, 1.82) is 0 Å². The third kappa shape index (κ3) is 2.13. The van der Waals surface area contributed by atoms with Gasteiger partial charge in [0.2, 0.25) is 0 Å². The van der Waals surface area contributed by atoms with Crippen LogP contribution in [0.15, 0.2) is 0 Å². The van der Waals surface area contributed by atoms with Crippen molar-refractivity contribution in [2.75, 3.05) is 12.8 Å². The van der Waals surface area contributed by atoms with E-state index in [9.17, 15) is 4.57 Å². The van der Waals surface area contributed by atoms with Gasteiger partial charge in [-0.05, 0) is 31.3 Å². The summed E-state index contributed by atoms with van der Waals surface area (Å²) in [5, 5.41) is -0.481. The van der Waals surface area contributed by atoms with Crippen molar-refractivity contribution in [3.8, 4) is 0 Å². The van der Waals surface area contributed by atoms with Crippen molar-refractivity contribution < 1.29 is 14.4 Å². The van der Waals surface area contributed by atoms with E-state index >= 15 is 0 Å². The molecular formula is C5H12O3P2S. The van der Waals surface area contributed by atoms with Crippen LogP contribution in [0.5, 0.6) is 0 Å². The summed E-state index contributed by atoms with van der Waals surface area (Å²) in [4.78, 5) is 18.3. The van der Waals surface area contributed by atoms with E-state index in [1.165, 1.54) is 0 Å². The molecule has 11 heavy (non-hydrogen) atoms. The third-order valence-corrected chi connectivity index (χ3v) is 9.51. The second-order valence-electron chi connectivity index (χ2n) is 3.11. The Hall–Kier alpha value is 0.800. The Morgan fingerprint density at radius 1 is 1.64 bits per heavy atom. The molecule has 1 rings (SSSR count). The summed E-state index contributed by atoms with van der Waals surface area (Å²) in [7, 11) is -2.33. The Balaban J connectivity index is 2.91. The zero-order chi connectivity index (χ0) is 8.70. The van der Waals surface area contributed by atoms with Crippen molar-refractivity contribution in [2.45, 2.75) is 18.2 Å². The Labute approximate surface area is 71.4 Å². The monoisotopic (exact) mass is 214 g/mol. The van der Waals surface area contributed by atoms with E-state index in [-0.39, 0.29) is 0 Å². The van der Waals surface area contributed by atoms with E-state index in [1.54, 1.807) is 6.66 Å². The fourth-order valence-corrected chi connectivity index (χ4v) is 8.86. The lowest BCUT2D eigenvalue weighted by Crippen LogP contribution is -2.02. The van der Waals surface area contributed by atoms with Gasteiger partial charge in [0.25, 0.3) is 0 Å². The molecule has 1 heterocycles. The summed E-state index contributed by atoms with van der Waals surface area (Å²) in [5.41, 5.74) is 0. The maximum Gasteiger partial charge on any atom is 0.193 e. The van der Waals surface area contributed by atoms with Gasteiger partial charge >= 0.3 is 0 Å². The molecule has 2 N–H and O–H groups in total. The van der Waals surface area contributed by atoms with Crippen molar-refractivity contribution in [1.82, 2.24) is 0 Å². The molecule has 66 valence electrons. The molecule has 1 aliphatic rings. The average Bonchev–Trinajstić information content (AvgIpc) is 2.06. The van der Waals surface area contributed by atoms with Gasteiger partial charge in [-0.2, -0.15) is 0 Å². The molecule has 0 aromatic carbocycles. The lowest BCUT2D eigenvalue weighted by Gasteiger charge is -2.20. The fraction of sp³-hybridized carbons (Fsp3) is 1.00. The molecule has 2 unspecified atom stereocenters. The largest absolute Gasteiger partial charge is 0.345 e. The second-order valence-corrected chi connectivity index (χ2v) is 10.3. The Morgan fingerprint density at radius 2 is 2.18 bits per heavy atom. The number of rotatable bonds is 1. The highest BCUT2D eigenvalue weighted by Crippen LogP contribution is 2.68. The SMILES string of the molecule is CP1(=O)CCCC1P(O)(O)=S. The van der Waals surface area contributed by atoms with E-state index in [4.69, 9.17) is 9.79 Å². The second kappa shape index (κ2) is 2.93. The smallest absolute Gasteiger partial charge is 0.193 e. The van der Waals surface area contributed by atoms with Crippen molar-refractivity contribution >= 4 is 25.4 Å². The van der Waals surface area contributed by atoms with Crippen molar-refractivity contribution in [2.24, 2.45) is 0 Å². The van der Waals surface area contributed by atoms with Crippen LogP contribution in [0.2, 0.25) is 0 Å². The molecule has 0 aromatic rings. The lowest BCUT2D eigenvalue weighted by atomic mass is 10.4. The summed E-state index contributed by atoms with van der Waals surface area (Å²) < 4.78 is 11.6. The van der Waals surface area contributed by atoms with Gasteiger partial charge in [0.1, 0.15) is 0 Å². The van der Waals surface area contributed by atoms with Gasteiger partial charge in [-0.3, -0.25) is 0 Å². The Bertz CT molecular complexity index is 246. The van der Waals surface area contributed by atoms with Gasteiger partial charge in [-0.1, -0.05) is 0 Å². The minimum Gasteiger partial charge on any atom is -0.345 e. The van der Waals surface area contributed by atoms with Gasteiger partial charge in [-0.25, -0.2) is 0 Å². The van der Waals surface area contributed by atoms with Gasteiger partial charge < -0.3 is 14.4 Å². The van der Waals surface area contributed by atoms with Crippen LogP contribution in [-0.2, 0) is 16.4 Å². The molecular weight excluding hydrogens is 202 g/mol. The zero-order valence-electron chi connectivity index (χ0n) is 6.30.